The largest absolute Gasteiger partial charge is 0.348 e. The number of H-pyrrole nitrogens is 1. The van der Waals surface area contributed by atoms with Crippen molar-refractivity contribution in [1.29, 1.82) is 0 Å². The van der Waals surface area contributed by atoms with Crippen molar-refractivity contribution < 1.29 is 19.0 Å². The SMILES string of the molecule is Cn1c(CN(CC2OCCO2)C(=O)c2ccc(-[n+]3ccc[nH]3)nc2)nc2ccccc21. The lowest BCUT2D eigenvalue weighted by atomic mass is 10.2. The first-order valence-electron chi connectivity index (χ1n) is 10.1. The highest BCUT2D eigenvalue weighted by molar-refractivity contribution is 5.94. The highest BCUT2D eigenvalue weighted by Crippen LogP contribution is 2.18. The average Bonchev–Trinajstić information content (AvgIpc) is 3.56. The summed E-state index contributed by atoms with van der Waals surface area (Å²) in [6.07, 6.45) is 4.81. The van der Waals surface area contributed by atoms with Gasteiger partial charge in [0.2, 0.25) is 0 Å². The van der Waals surface area contributed by atoms with Crippen molar-refractivity contribution in [2.45, 2.75) is 12.8 Å². The van der Waals surface area contributed by atoms with Crippen LogP contribution in [0.3, 0.4) is 0 Å². The summed E-state index contributed by atoms with van der Waals surface area (Å²) in [5, 5.41) is 3.04. The lowest BCUT2D eigenvalue weighted by Gasteiger charge is -2.24. The first kappa shape index (κ1) is 19.4. The fraction of sp³-hybridized carbons (Fsp3) is 0.273. The molecule has 0 saturated carbocycles. The standard InChI is InChI=1S/C22H22N6O3/c1-26-18-6-3-2-5-17(18)25-20(26)14-27(15-21-30-11-12-31-21)22(29)16-7-8-19(23-13-16)28-10-4-9-24-28/h2-10,13,21H,11-12,14-15H2,1H3/p+1. The molecule has 0 unspecified atom stereocenters. The van der Waals surface area contributed by atoms with Crippen LogP contribution in [0.25, 0.3) is 16.9 Å². The van der Waals surface area contributed by atoms with E-state index in [1.165, 1.54) is 0 Å². The van der Waals surface area contributed by atoms with Crippen molar-refractivity contribution in [3.8, 4) is 5.82 Å². The van der Waals surface area contributed by atoms with Crippen LogP contribution in [-0.2, 0) is 23.1 Å². The fourth-order valence-electron chi connectivity index (χ4n) is 3.70. The lowest BCUT2D eigenvalue weighted by Crippen LogP contribution is -2.38. The highest BCUT2D eigenvalue weighted by Gasteiger charge is 2.26. The van der Waals surface area contributed by atoms with Gasteiger partial charge in [-0.15, -0.1) is 4.68 Å². The minimum atomic E-state index is -0.444. The monoisotopic (exact) mass is 419 g/mol. The van der Waals surface area contributed by atoms with Crippen LogP contribution in [0.4, 0.5) is 0 Å². The Morgan fingerprint density at radius 3 is 2.77 bits per heavy atom. The molecule has 0 spiro atoms. The van der Waals surface area contributed by atoms with Gasteiger partial charge in [-0.1, -0.05) is 12.1 Å². The molecular weight excluding hydrogens is 396 g/mol. The average molecular weight is 419 g/mol. The van der Waals surface area contributed by atoms with Crippen molar-refractivity contribution in [3.05, 3.63) is 72.4 Å². The summed E-state index contributed by atoms with van der Waals surface area (Å²) in [7, 11) is 1.96. The van der Waals surface area contributed by atoms with Gasteiger partial charge in [0.1, 0.15) is 12.0 Å². The zero-order chi connectivity index (χ0) is 21.2. The van der Waals surface area contributed by atoms with E-state index in [4.69, 9.17) is 14.5 Å². The molecule has 9 nitrogen and oxygen atoms in total. The van der Waals surface area contributed by atoms with Crippen molar-refractivity contribution in [1.82, 2.24) is 24.5 Å². The number of amides is 1. The predicted octanol–water partition coefficient (Wildman–Crippen LogP) is 1.59. The normalized spacial score (nSPS) is 14.4. The van der Waals surface area contributed by atoms with Crippen LogP contribution in [0.15, 0.2) is 61.1 Å². The molecule has 4 aromatic rings. The molecule has 1 saturated heterocycles. The molecule has 1 fully saturated rings. The van der Waals surface area contributed by atoms with E-state index in [2.05, 4.69) is 10.1 Å². The number of rotatable bonds is 6. The van der Waals surface area contributed by atoms with Crippen LogP contribution in [0.1, 0.15) is 16.2 Å². The molecule has 1 aliphatic heterocycles. The molecular formula is C22H23N6O3+. The number of aryl methyl sites for hydroxylation is 1. The summed E-state index contributed by atoms with van der Waals surface area (Å²) >= 11 is 0. The van der Waals surface area contributed by atoms with Crippen LogP contribution in [0.5, 0.6) is 0 Å². The van der Waals surface area contributed by atoms with Crippen LogP contribution >= 0.6 is 0 Å². The van der Waals surface area contributed by atoms with Crippen molar-refractivity contribution in [2.75, 3.05) is 19.8 Å². The van der Waals surface area contributed by atoms with E-state index >= 15 is 0 Å². The lowest BCUT2D eigenvalue weighted by molar-refractivity contribution is -0.658. The molecule has 0 radical (unpaired) electrons. The van der Waals surface area contributed by atoms with Crippen molar-refractivity contribution in [2.24, 2.45) is 7.05 Å². The summed E-state index contributed by atoms with van der Waals surface area (Å²) in [4.78, 5) is 24.2. The summed E-state index contributed by atoms with van der Waals surface area (Å²) < 4.78 is 15.0. The zero-order valence-electron chi connectivity index (χ0n) is 17.1. The third-order valence-corrected chi connectivity index (χ3v) is 5.35. The first-order valence-corrected chi connectivity index (χ1v) is 10.1. The molecule has 1 aromatic carbocycles. The van der Waals surface area contributed by atoms with E-state index in [-0.39, 0.29) is 5.91 Å². The maximum Gasteiger partial charge on any atom is 0.346 e. The Balaban J connectivity index is 1.42. The van der Waals surface area contributed by atoms with Gasteiger partial charge >= 0.3 is 5.82 Å². The third-order valence-electron chi connectivity index (χ3n) is 5.35. The fourth-order valence-corrected chi connectivity index (χ4v) is 3.70. The topological polar surface area (TPSA) is 89.2 Å². The van der Waals surface area contributed by atoms with Crippen LogP contribution in [-0.4, -0.2) is 56.5 Å². The number of aromatic nitrogens is 5. The number of para-hydroxylation sites is 2. The maximum absolute atomic E-state index is 13.4. The second-order valence-electron chi connectivity index (χ2n) is 7.34. The molecule has 5 rings (SSSR count). The third kappa shape index (κ3) is 3.92. The molecule has 1 N–H and O–H groups in total. The molecule has 0 aliphatic carbocycles. The van der Waals surface area contributed by atoms with E-state index in [1.54, 1.807) is 34.1 Å². The second kappa shape index (κ2) is 8.29. The molecule has 9 heteroatoms. The number of carbonyl (C=O) groups excluding carboxylic acids is 1. The predicted molar refractivity (Wildman–Crippen MR) is 111 cm³/mol. The molecule has 158 valence electrons. The number of nitrogens with zero attached hydrogens (tertiary/aromatic N) is 5. The van der Waals surface area contributed by atoms with Gasteiger partial charge < -0.3 is 18.9 Å². The van der Waals surface area contributed by atoms with Gasteiger partial charge in [-0.2, -0.15) is 0 Å². The smallest absolute Gasteiger partial charge is 0.346 e. The molecule has 3 aromatic heterocycles. The number of hydrogen-bond donors (Lipinski definition) is 1. The summed E-state index contributed by atoms with van der Waals surface area (Å²) in [5.74, 6) is 1.34. The van der Waals surface area contributed by atoms with E-state index in [9.17, 15) is 4.79 Å². The minimum absolute atomic E-state index is 0.151. The Hall–Kier alpha value is -3.56. The Kier molecular flexibility index (Phi) is 5.19. The molecule has 1 amide bonds. The van der Waals surface area contributed by atoms with Gasteiger partial charge in [-0.3, -0.25) is 4.79 Å². The molecule has 31 heavy (non-hydrogen) atoms. The number of fused-ring (bicyclic) bond motifs is 1. The summed E-state index contributed by atoms with van der Waals surface area (Å²) in [6.45, 7) is 1.71. The van der Waals surface area contributed by atoms with Gasteiger partial charge in [0.15, 0.2) is 12.5 Å². The molecule has 4 heterocycles. The Morgan fingerprint density at radius 2 is 2.06 bits per heavy atom. The van der Waals surface area contributed by atoms with Gasteiger partial charge in [0.25, 0.3) is 5.91 Å². The Morgan fingerprint density at radius 1 is 1.23 bits per heavy atom. The van der Waals surface area contributed by atoms with Gasteiger partial charge in [-0.25, -0.2) is 10.1 Å². The maximum atomic E-state index is 13.4. The summed E-state index contributed by atoms with van der Waals surface area (Å²) in [6, 6.07) is 13.4. The molecule has 0 bridgehead atoms. The number of ether oxygens (including phenoxy) is 2. The Labute approximate surface area is 178 Å². The second-order valence-corrected chi connectivity index (χ2v) is 7.34. The number of nitrogens with one attached hydrogen (secondary N) is 1. The first-order chi connectivity index (χ1) is 15.2. The summed E-state index contributed by atoms with van der Waals surface area (Å²) in [5.41, 5.74) is 2.41. The van der Waals surface area contributed by atoms with E-state index < -0.39 is 6.29 Å². The highest BCUT2D eigenvalue weighted by atomic mass is 16.7. The number of pyridine rings is 1. The number of imidazole rings is 1. The van der Waals surface area contributed by atoms with Gasteiger partial charge in [-0.05, 0) is 29.2 Å². The number of benzene rings is 1. The van der Waals surface area contributed by atoms with E-state index in [0.717, 1.165) is 16.9 Å². The number of hydrogen-bond acceptors (Lipinski definition) is 5. The van der Waals surface area contributed by atoms with Gasteiger partial charge in [0.05, 0.1) is 42.9 Å². The van der Waals surface area contributed by atoms with E-state index in [0.29, 0.717) is 37.7 Å². The molecule has 0 atom stereocenters. The van der Waals surface area contributed by atoms with Crippen LogP contribution in [0.2, 0.25) is 0 Å². The number of aromatic amines is 1. The van der Waals surface area contributed by atoms with Crippen LogP contribution < -0.4 is 4.68 Å². The van der Waals surface area contributed by atoms with Crippen molar-refractivity contribution >= 4 is 16.9 Å². The quantitative estimate of drug-likeness (QED) is 0.480. The van der Waals surface area contributed by atoms with Gasteiger partial charge in [0, 0.05) is 19.3 Å². The zero-order valence-corrected chi connectivity index (χ0v) is 17.1. The number of carbonyl (C=O) groups is 1. The minimum Gasteiger partial charge on any atom is -0.348 e. The molecule has 1 aliphatic rings. The van der Waals surface area contributed by atoms with Crippen molar-refractivity contribution in [3.63, 3.8) is 0 Å². The van der Waals surface area contributed by atoms with E-state index in [1.807, 2.05) is 48.1 Å². The van der Waals surface area contributed by atoms with Crippen LogP contribution in [0, 0.1) is 0 Å². The Bertz CT molecular complexity index is 1180.